The van der Waals surface area contributed by atoms with Crippen molar-refractivity contribution in [2.45, 2.75) is 31.7 Å². The number of anilines is 1. The topological polar surface area (TPSA) is 52.6 Å². The van der Waals surface area contributed by atoms with Gasteiger partial charge < -0.3 is 15.3 Å². The minimum absolute atomic E-state index is 0.0808. The van der Waals surface area contributed by atoms with Gasteiger partial charge >= 0.3 is 6.03 Å². The van der Waals surface area contributed by atoms with E-state index >= 15 is 0 Å². The highest BCUT2D eigenvalue weighted by Gasteiger charge is 2.28. The van der Waals surface area contributed by atoms with E-state index in [2.05, 4.69) is 5.32 Å². The van der Waals surface area contributed by atoms with E-state index < -0.39 is 0 Å². The molecule has 0 radical (unpaired) electrons. The molecule has 0 saturated carbocycles. The molecule has 0 aliphatic carbocycles. The van der Waals surface area contributed by atoms with E-state index in [0.29, 0.717) is 10.7 Å². The summed E-state index contributed by atoms with van der Waals surface area (Å²) in [5.74, 6) is 0. The van der Waals surface area contributed by atoms with Crippen molar-refractivity contribution >= 4 is 23.3 Å². The summed E-state index contributed by atoms with van der Waals surface area (Å²) in [7, 11) is 0. The number of carbonyl (C=O) groups excluding carboxylic acids is 1. The molecule has 104 valence electrons. The third-order valence-corrected chi connectivity index (χ3v) is 3.64. The Morgan fingerprint density at radius 2 is 2.37 bits per heavy atom. The lowest BCUT2D eigenvalue weighted by molar-refractivity contribution is 0.197. The lowest BCUT2D eigenvalue weighted by atomic mass is 10.1. The first kappa shape index (κ1) is 14.2. The maximum atomic E-state index is 12.2. The molecule has 19 heavy (non-hydrogen) atoms. The number of aliphatic hydroxyl groups is 1. The minimum Gasteiger partial charge on any atom is -0.396 e. The van der Waals surface area contributed by atoms with Crippen molar-refractivity contribution in [1.29, 1.82) is 0 Å². The van der Waals surface area contributed by atoms with Crippen LogP contribution in [0.25, 0.3) is 0 Å². The fourth-order valence-electron chi connectivity index (χ4n) is 2.49. The largest absolute Gasteiger partial charge is 0.396 e. The van der Waals surface area contributed by atoms with Gasteiger partial charge in [0.1, 0.15) is 0 Å². The fraction of sp³-hybridized carbons (Fsp3) is 0.500. The normalized spacial score (nSPS) is 18.6. The zero-order valence-corrected chi connectivity index (χ0v) is 11.6. The van der Waals surface area contributed by atoms with Gasteiger partial charge in [-0.1, -0.05) is 17.7 Å². The highest BCUT2D eigenvalue weighted by molar-refractivity contribution is 6.30. The van der Waals surface area contributed by atoms with E-state index in [0.717, 1.165) is 32.2 Å². The summed E-state index contributed by atoms with van der Waals surface area (Å²) in [6.45, 7) is 0.961. The van der Waals surface area contributed by atoms with E-state index in [9.17, 15) is 4.79 Å². The quantitative estimate of drug-likeness (QED) is 0.891. The summed E-state index contributed by atoms with van der Waals surface area (Å²) in [6, 6.07) is 7.30. The second-order valence-electron chi connectivity index (χ2n) is 4.80. The van der Waals surface area contributed by atoms with Gasteiger partial charge in [-0.2, -0.15) is 0 Å². The third-order valence-electron chi connectivity index (χ3n) is 3.41. The molecule has 1 saturated heterocycles. The van der Waals surface area contributed by atoms with Crippen molar-refractivity contribution in [2.24, 2.45) is 0 Å². The molecule has 2 amide bonds. The standard InChI is InChI=1S/C14H19ClN2O2/c15-11-4-1-5-12(10-11)16-14(19)17-8-2-6-13(17)7-3-9-18/h1,4-5,10,13,18H,2-3,6-9H2,(H,16,19). The molecule has 0 aromatic heterocycles. The molecule has 1 aliphatic heterocycles. The Kier molecular flexibility index (Phi) is 5.05. The molecule has 4 nitrogen and oxygen atoms in total. The summed E-state index contributed by atoms with van der Waals surface area (Å²) in [4.78, 5) is 14.1. The number of rotatable bonds is 4. The monoisotopic (exact) mass is 282 g/mol. The van der Waals surface area contributed by atoms with Gasteiger partial charge in [0.15, 0.2) is 0 Å². The van der Waals surface area contributed by atoms with Gasteiger partial charge in [0.05, 0.1) is 0 Å². The van der Waals surface area contributed by atoms with Crippen molar-refractivity contribution in [3.63, 3.8) is 0 Å². The number of amides is 2. The molecule has 1 aromatic carbocycles. The molecule has 1 unspecified atom stereocenters. The SMILES string of the molecule is O=C(Nc1cccc(Cl)c1)N1CCCC1CCCO. The Morgan fingerprint density at radius 1 is 1.53 bits per heavy atom. The summed E-state index contributed by atoms with van der Waals surface area (Å²) in [5, 5.41) is 12.4. The number of aliphatic hydroxyl groups excluding tert-OH is 1. The lowest BCUT2D eigenvalue weighted by Crippen LogP contribution is -2.38. The Hall–Kier alpha value is -1.26. The summed E-state index contributed by atoms with van der Waals surface area (Å²) in [6.07, 6.45) is 3.65. The van der Waals surface area contributed by atoms with Crippen LogP contribution in [0.5, 0.6) is 0 Å². The second kappa shape index (κ2) is 6.78. The van der Waals surface area contributed by atoms with Gasteiger partial charge in [0, 0.05) is 29.9 Å². The number of urea groups is 1. The van der Waals surface area contributed by atoms with E-state index in [1.54, 1.807) is 12.1 Å². The second-order valence-corrected chi connectivity index (χ2v) is 5.23. The van der Waals surface area contributed by atoms with Crippen LogP contribution in [-0.2, 0) is 0 Å². The average molecular weight is 283 g/mol. The molecule has 2 rings (SSSR count). The molecule has 0 spiro atoms. The highest BCUT2D eigenvalue weighted by atomic mass is 35.5. The van der Waals surface area contributed by atoms with Gasteiger partial charge in [-0.3, -0.25) is 0 Å². The number of likely N-dealkylation sites (tertiary alicyclic amines) is 1. The predicted molar refractivity (Wildman–Crippen MR) is 76.5 cm³/mol. The van der Waals surface area contributed by atoms with Gasteiger partial charge in [-0.15, -0.1) is 0 Å². The fourth-order valence-corrected chi connectivity index (χ4v) is 2.68. The van der Waals surface area contributed by atoms with Crippen molar-refractivity contribution in [2.75, 3.05) is 18.5 Å². The highest BCUT2D eigenvalue weighted by Crippen LogP contribution is 2.23. The van der Waals surface area contributed by atoms with Crippen molar-refractivity contribution < 1.29 is 9.90 Å². The van der Waals surface area contributed by atoms with Crippen LogP contribution in [0.3, 0.4) is 0 Å². The van der Waals surface area contributed by atoms with Gasteiger partial charge in [-0.05, 0) is 43.9 Å². The predicted octanol–water partition coefficient (Wildman–Crippen LogP) is 3.11. The van der Waals surface area contributed by atoms with Gasteiger partial charge in [0.25, 0.3) is 0 Å². The van der Waals surface area contributed by atoms with Crippen molar-refractivity contribution in [3.05, 3.63) is 29.3 Å². The molecule has 2 N–H and O–H groups in total. The van der Waals surface area contributed by atoms with Gasteiger partial charge in [-0.25, -0.2) is 4.79 Å². The third kappa shape index (κ3) is 3.85. The van der Waals surface area contributed by atoms with Crippen LogP contribution in [0.2, 0.25) is 5.02 Å². The van der Waals surface area contributed by atoms with Crippen LogP contribution in [0.4, 0.5) is 10.5 Å². The molecule has 1 aromatic rings. The number of carbonyl (C=O) groups is 1. The van der Waals surface area contributed by atoms with Crippen LogP contribution in [0.15, 0.2) is 24.3 Å². The van der Waals surface area contributed by atoms with E-state index in [-0.39, 0.29) is 18.7 Å². The summed E-state index contributed by atoms with van der Waals surface area (Å²) >= 11 is 5.89. The Bertz CT molecular complexity index is 439. The molecule has 1 fully saturated rings. The molecule has 0 bridgehead atoms. The number of nitrogens with one attached hydrogen (secondary N) is 1. The van der Waals surface area contributed by atoms with E-state index in [4.69, 9.17) is 16.7 Å². The summed E-state index contributed by atoms with van der Waals surface area (Å²) < 4.78 is 0. The number of hydrogen-bond acceptors (Lipinski definition) is 2. The van der Waals surface area contributed by atoms with Crippen molar-refractivity contribution in [3.8, 4) is 0 Å². The van der Waals surface area contributed by atoms with E-state index in [1.165, 1.54) is 0 Å². The maximum absolute atomic E-state index is 12.2. The summed E-state index contributed by atoms with van der Waals surface area (Å²) in [5.41, 5.74) is 0.713. The van der Waals surface area contributed by atoms with Crippen molar-refractivity contribution in [1.82, 2.24) is 4.90 Å². The minimum atomic E-state index is -0.0808. The lowest BCUT2D eigenvalue weighted by Gasteiger charge is -2.24. The number of nitrogens with zero attached hydrogens (tertiary/aromatic N) is 1. The van der Waals surface area contributed by atoms with Crippen LogP contribution in [-0.4, -0.2) is 35.2 Å². The first-order valence-corrected chi connectivity index (χ1v) is 7.02. The Morgan fingerprint density at radius 3 is 3.11 bits per heavy atom. The van der Waals surface area contributed by atoms with Crippen LogP contribution < -0.4 is 5.32 Å². The van der Waals surface area contributed by atoms with Gasteiger partial charge in [0.2, 0.25) is 0 Å². The molecular weight excluding hydrogens is 264 g/mol. The van der Waals surface area contributed by atoms with Crippen LogP contribution >= 0.6 is 11.6 Å². The first-order valence-electron chi connectivity index (χ1n) is 6.65. The Labute approximate surface area is 118 Å². The van der Waals surface area contributed by atoms with Crippen LogP contribution in [0, 0.1) is 0 Å². The first-order chi connectivity index (χ1) is 9.20. The zero-order valence-electron chi connectivity index (χ0n) is 10.8. The average Bonchev–Trinajstić information content (AvgIpc) is 2.84. The molecule has 1 atom stereocenters. The van der Waals surface area contributed by atoms with Crippen LogP contribution in [0.1, 0.15) is 25.7 Å². The number of hydrogen-bond donors (Lipinski definition) is 2. The smallest absolute Gasteiger partial charge is 0.322 e. The molecule has 5 heteroatoms. The Balaban J connectivity index is 1.95. The molecule has 1 heterocycles. The molecular formula is C14H19ClN2O2. The van der Waals surface area contributed by atoms with E-state index in [1.807, 2.05) is 17.0 Å². The number of halogens is 1. The maximum Gasteiger partial charge on any atom is 0.322 e. The zero-order chi connectivity index (χ0) is 13.7. The number of benzene rings is 1. The molecule has 1 aliphatic rings.